The molecule has 4 nitrogen and oxygen atoms in total. The van der Waals surface area contributed by atoms with Gasteiger partial charge in [0.1, 0.15) is 6.29 Å². The first-order valence-corrected chi connectivity index (χ1v) is 3.71. The highest BCUT2D eigenvalue weighted by atomic mass is 16.1. The molecule has 0 unspecified atom stereocenters. The highest BCUT2D eigenvalue weighted by Crippen LogP contribution is 1.73. The number of hydrogen-bond acceptors (Lipinski definition) is 3. The molecule has 12 heavy (non-hydrogen) atoms. The summed E-state index contributed by atoms with van der Waals surface area (Å²) >= 11 is 0. The van der Waals surface area contributed by atoms with E-state index in [4.69, 9.17) is 0 Å². The molecule has 0 saturated heterocycles. The zero-order valence-electron chi connectivity index (χ0n) is 7.41. The van der Waals surface area contributed by atoms with Crippen LogP contribution in [0.5, 0.6) is 0 Å². The van der Waals surface area contributed by atoms with E-state index < -0.39 is 0 Å². The maximum Gasteiger partial charge on any atom is 0.244 e. The van der Waals surface area contributed by atoms with Crippen molar-refractivity contribution in [3.05, 3.63) is 12.2 Å². The van der Waals surface area contributed by atoms with Crippen LogP contribution in [0.3, 0.4) is 0 Å². The van der Waals surface area contributed by atoms with E-state index in [-0.39, 0.29) is 5.91 Å². The van der Waals surface area contributed by atoms with E-state index in [0.717, 1.165) is 6.54 Å². The monoisotopic (exact) mass is 170 g/mol. The second-order valence-electron chi connectivity index (χ2n) is 2.59. The zero-order chi connectivity index (χ0) is 9.40. The molecule has 1 N–H and O–H groups in total. The Labute approximate surface area is 72.2 Å². The second-order valence-corrected chi connectivity index (χ2v) is 2.59. The third-order valence-corrected chi connectivity index (χ3v) is 1.18. The molecule has 4 heteroatoms. The van der Waals surface area contributed by atoms with Crippen molar-refractivity contribution in [2.75, 3.05) is 27.2 Å². The smallest absolute Gasteiger partial charge is 0.244 e. The molecule has 0 spiro atoms. The van der Waals surface area contributed by atoms with Crippen molar-refractivity contribution >= 4 is 12.2 Å². The van der Waals surface area contributed by atoms with Gasteiger partial charge < -0.3 is 10.2 Å². The van der Waals surface area contributed by atoms with Crippen LogP contribution in [0.4, 0.5) is 0 Å². The number of likely N-dealkylation sites (N-methyl/N-ethyl adjacent to an activating group) is 1. The Balaban J connectivity index is 3.44. The maximum absolute atomic E-state index is 10.8. The van der Waals surface area contributed by atoms with Crippen molar-refractivity contribution in [1.82, 2.24) is 10.2 Å². The standard InChI is InChI=1S/C8H14N2O2/c1-10(2)6-5-9-8(12)4-3-7-11/h3-4,7H,5-6H2,1-2H3,(H,9,12). The minimum atomic E-state index is -0.232. The predicted molar refractivity (Wildman–Crippen MR) is 46.8 cm³/mol. The van der Waals surface area contributed by atoms with Gasteiger partial charge >= 0.3 is 0 Å². The quantitative estimate of drug-likeness (QED) is 0.443. The van der Waals surface area contributed by atoms with Gasteiger partial charge in [-0.2, -0.15) is 0 Å². The summed E-state index contributed by atoms with van der Waals surface area (Å²) in [4.78, 5) is 22.6. The summed E-state index contributed by atoms with van der Waals surface area (Å²) in [5, 5.41) is 2.62. The molecule has 0 aromatic rings. The number of carbonyl (C=O) groups excluding carboxylic acids is 2. The van der Waals surface area contributed by atoms with E-state index in [1.54, 1.807) is 0 Å². The summed E-state index contributed by atoms with van der Waals surface area (Å²) in [6.07, 6.45) is 2.96. The largest absolute Gasteiger partial charge is 0.351 e. The van der Waals surface area contributed by atoms with E-state index in [0.29, 0.717) is 12.8 Å². The van der Waals surface area contributed by atoms with Crippen LogP contribution in [-0.4, -0.2) is 44.3 Å². The van der Waals surface area contributed by atoms with Gasteiger partial charge in [0.05, 0.1) is 0 Å². The lowest BCUT2D eigenvalue weighted by Crippen LogP contribution is -2.30. The third kappa shape index (κ3) is 6.95. The van der Waals surface area contributed by atoms with E-state index >= 15 is 0 Å². The molecule has 0 fully saturated rings. The van der Waals surface area contributed by atoms with Gasteiger partial charge in [0.25, 0.3) is 0 Å². The number of aldehydes is 1. The molecular weight excluding hydrogens is 156 g/mol. The second kappa shape index (κ2) is 6.54. The Bertz CT molecular complexity index is 176. The summed E-state index contributed by atoms with van der Waals surface area (Å²) in [6, 6.07) is 0. The number of hydrogen-bond donors (Lipinski definition) is 1. The van der Waals surface area contributed by atoms with Crippen LogP contribution in [-0.2, 0) is 9.59 Å². The summed E-state index contributed by atoms with van der Waals surface area (Å²) < 4.78 is 0. The lowest BCUT2D eigenvalue weighted by Gasteiger charge is -2.08. The van der Waals surface area contributed by atoms with Gasteiger partial charge in [-0.05, 0) is 20.2 Å². The number of carbonyl (C=O) groups is 2. The molecule has 0 aliphatic heterocycles. The SMILES string of the molecule is CN(C)CCNC(=O)C=CC=O. The van der Waals surface area contributed by atoms with Gasteiger partial charge in [-0.3, -0.25) is 9.59 Å². The maximum atomic E-state index is 10.8. The van der Waals surface area contributed by atoms with Gasteiger partial charge in [-0.25, -0.2) is 0 Å². The number of nitrogens with zero attached hydrogens (tertiary/aromatic N) is 1. The number of nitrogens with one attached hydrogen (secondary N) is 1. The molecule has 0 atom stereocenters. The topological polar surface area (TPSA) is 49.4 Å². The summed E-state index contributed by atoms with van der Waals surface area (Å²) in [5.41, 5.74) is 0. The van der Waals surface area contributed by atoms with E-state index in [1.165, 1.54) is 12.2 Å². The Morgan fingerprint density at radius 2 is 2.17 bits per heavy atom. The van der Waals surface area contributed by atoms with Gasteiger partial charge in [0.2, 0.25) is 5.91 Å². The summed E-state index contributed by atoms with van der Waals surface area (Å²) in [7, 11) is 3.85. The molecule has 0 aromatic heterocycles. The normalized spacial score (nSPS) is 10.6. The van der Waals surface area contributed by atoms with Crippen LogP contribution in [0.2, 0.25) is 0 Å². The number of rotatable bonds is 5. The lowest BCUT2D eigenvalue weighted by molar-refractivity contribution is -0.116. The van der Waals surface area contributed by atoms with Crippen LogP contribution in [0, 0.1) is 0 Å². The highest BCUT2D eigenvalue weighted by Gasteiger charge is 1.93. The first-order valence-electron chi connectivity index (χ1n) is 3.71. The van der Waals surface area contributed by atoms with E-state index in [9.17, 15) is 9.59 Å². The van der Waals surface area contributed by atoms with Gasteiger partial charge in [-0.15, -0.1) is 0 Å². The van der Waals surface area contributed by atoms with Crippen LogP contribution >= 0.6 is 0 Å². The lowest BCUT2D eigenvalue weighted by atomic mass is 10.4. The average molecular weight is 170 g/mol. The van der Waals surface area contributed by atoms with E-state index in [2.05, 4.69) is 5.32 Å². The fourth-order valence-electron chi connectivity index (χ4n) is 0.588. The van der Waals surface area contributed by atoms with Gasteiger partial charge in [0, 0.05) is 19.2 Å². The molecular formula is C8H14N2O2. The molecule has 0 heterocycles. The Hall–Kier alpha value is -1.16. The third-order valence-electron chi connectivity index (χ3n) is 1.18. The summed E-state index contributed by atoms with van der Waals surface area (Å²) in [6.45, 7) is 1.38. The zero-order valence-corrected chi connectivity index (χ0v) is 7.41. The minimum absolute atomic E-state index is 0.232. The van der Waals surface area contributed by atoms with Gasteiger partial charge in [0.15, 0.2) is 0 Å². The Morgan fingerprint density at radius 1 is 1.50 bits per heavy atom. The average Bonchev–Trinajstić information content (AvgIpc) is 2.00. The van der Waals surface area contributed by atoms with Crippen molar-refractivity contribution in [2.24, 2.45) is 0 Å². The molecule has 0 saturated carbocycles. The summed E-state index contributed by atoms with van der Waals surface area (Å²) in [5.74, 6) is -0.232. The predicted octanol–water partition coefficient (Wildman–Crippen LogP) is -0.581. The molecule has 0 aliphatic rings. The van der Waals surface area contributed by atoms with Crippen LogP contribution < -0.4 is 5.32 Å². The first kappa shape index (κ1) is 10.8. The van der Waals surface area contributed by atoms with Crippen molar-refractivity contribution in [3.63, 3.8) is 0 Å². The minimum Gasteiger partial charge on any atom is -0.351 e. The Morgan fingerprint density at radius 3 is 2.67 bits per heavy atom. The Kier molecular flexibility index (Phi) is 5.91. The highest BCUT2D eigenvalue weighted by molar-refractivity contribution is 5.90. The molecule has 0 bridgehead atoms. The molecule has 0 aliphatic carbocycles. The van der Waals surface area contributed by atoms with Crippen LogP contribution in [0.15, 0.2) is 12.2 Å². The molecule has 0 rings (SSSR count). The van der Waals surface area contributed by atoms with Crippen LogP contribution in [0.25, 0.3) is 0 Å². The fourth-order valence-corrected chi connectivity index (χ4v) is 0.588. The molecule has 1 amide bonds. The van der Waals surface area contributed by atoms with Crippen molar-refractivity contribution in [1.29, 1.82) is 0 Å². The molecule has 0 radical (unpaired) electrons. The van der Waals surface area contributed by atoms with Crippen molar-refractivity contribution in [3.8, 4) is 0 Å². The van der Waals surface area contributed by atoms with Crippen molar-refractivity contribution in [2.45, 2.75) is 0 Å². The van der Waals surface area contributed by atoms with Gasteiger partial charge in [-0.1, -0.05) is 0 Å². The van der Waals surface area contributed by atoms with E-state index in [1.807, 2.05) is 19.0 Å². The van der Waals surface area contributed by atoms with Crippen LogP contribution in [0.1, 0.15) is 0 Å². The molecule has 68 valence electrons. The number of amides is 1. The number of allylic oxidation sites excluding steroid dienone is 1. The molecule has 0 aromatic carbocycles. The van der Waals surface area contributed by atoms with Crippen molar-refractivity contribution < 1.29 is 9.59 Å². The fraction of sp³-hybridized carbons (Fsp3) is 0.500. The first-order chi connectivity index (χ1) is 5.66.